The largest absolute Gasteiger partial charge is 0.478 e. The number of ether oxygens (including phenoxy) is 3. The molecular formula is C27H30N2O5S. The summed E-state index contributed by atoms with van der Waals surface area (Å²) >= 11 is 1.56. The van der Waals surface area contributed by atoms with Gasteiger partial charge in [0.15, 0.2) is 6.10 Å². The van der Waals surface area contributed by atoms with Gasteiger partial charge < -0.3 is 14.2 Å². The first kappa shape index (κ1) is 24.9. The van der Waals surface area contributed by atoms with E-state index in [1.54, 1.807) is 11.3 Å². The van der Waals surface area contributed by atoms with Gasteiger partial charge in [-0.2, -0.15) is 0 Å². The molecule has 1 aromatic heterocycles. The van der Waals surface area contributed by atoms with E-state index in [1.165, 1.54) is 4.90 Å². The van der Waals surface area contributed by atoms with Crippen molar-refractivity contribution in [2.45, 2.75) is 39.2 Å². The fourth-order valence-electron chi connectivity index (χ4n) is 3.76. The van der Waals surface area contributed by atoms with Crippen LogP contribution in [-0.2, 0) is 19.1 Å². The predicted octanol–water partition coefficient (Wildman–Crippen LogP) is 5.34. The quantitative estimate of drug-likeness (QED) is 0.264. The second-order valence-corrected chi connectivity index (χ2v) is 9.07. The van der Waals surface area contributed by atoms with Crippen molar-refractivity contribution >= 4 is 28.9 Å². The Bertz CT molecular complexity index is 1150. The molecule has 0 saturated heterocycles. The molecule has 0 N–H and O–H groups in total. The summed E-state index contributed by atoms with van der Waals surface area (Å²) in [4.78, 5) is 31.9. The van der Waals surface area contributed by atoms with Crippen LogP contribution >= 0.6 is 11.3 Å². The maximum atomic E-state index is 13.1. The van der Waals surface area contributed by atoms with Crippen LogP contribution in [0.2, 0.25) is 0 Å². The average Bonchev–Trinajstić information content (AvgIpc) is 3.38. The molecule has 1 unspecified atom stereocenters. The number of hydrogen-bond donors (Lipinski definition) is 0. The van der Waals surface area contributed by atoms with Crippen LogP contribution in [0, 0.1) is 0 Å². The first-order chi connectivity index (χ1) is 17.1. The highest BCUT2D eigenvalue weighted by Gasteiger charge is 2.35. The summed E-state index contributed by atoms with van der Waals surface area (Å²) in [6, 6.07) is 15.6. The number of carbonyl (C=O) groups excluding carboxylic acids is 2. The van der Waals surface area contributed by atoms with Crippen LogP contribution in [0.25, 0.3) is 21.8 Å². The van der Waals surface area contributed by atoms with Crippen molar-refractivity contribution in [1.29, 1.82) is 0 Å². The molecule has 3 aromatic rings. The van der Waals surface area contributed by atoms with Gasteiger partial charge in [-0.1, -0.05) is 50.6 Å². The van der Waals surface area contributed by atoms with Gasteiger partial charge in [0, 0.05) is 23.1 Å². The molecule has 35 heavy (non-hydrogen) atoms. The molecule has 0 fully saturated rings. The lowest BCUT2D eigenvalue weighted by Gasteiger charge is -2.33. The third-order valence-corrected chi connectivity index (χ3v) is 6.56. The lowest BCUT2D eigenvalue weighted by molar-refractivity contribution is -0.145. The van der Waals surface area contributed by atoms with Crippen molar-refractivity contribution in [2.24, 2.45) is 0 Å². The molecule has 1 aliphatic heterocycles. The number of thiazole rings is 1. The maximum Gasteiger partial charge on any atom is 0.326 e. The smallest absolute Gasteiger partial charge is 0.326 e. The Morgan fingerprint density at radius 1 is 1.09 bits per heavy atom. The van der Waals surface area contributed by atoms with Crippen LogP contribution < -0.4 is 9.64 Å². The number of carbonyl (C=O) groups is 2. The Labute approximate surface area is 209 Å². The van der Waals surface area contributed by atoms with Crippen LogP contribution in [0.5, 0.6) is 5.75 Å². The second kappa shape index (κ2) is 12.0. The summed E-state index contributed by atoms with van der Waals surface area (Å²) in [6.07, 6.45) is 1.89. The Hall–Kier alpha value is -3.23. The molecule has 0 aliphatic carbocycles. The number of hydrogen-bond acceptors (Lipinski definition) is 7. The third-order valence-electron chi connectivity index (χ3n) is 5.67. The normalized spacial score (nSPS) is 15.0. The molecule has 1 atom stereocenters. The van der Waals surface area contributed by atoms with Crippen molar-refractivity contribution in [2.75, 3.05) is 31.3 Å². The van der Waals surface area contributed by atoms with Gasteiger partial charge in [0.25, 0.3) is 5.91 Å². The number of esters is 1. The molecular weight excluding hydrogens is 464 g/mol. The van der Waals surface area contributed by atoms with Crippen LogP contribution in [0.15, 0.2) is 53.9 Å². The number of anilines is 1. The highest BCUT2D eigenvalue weighted by molar-refractivity contribution is 7.13. The van der Waals surface area contributed by atoms with E-state index in [-0.39, 0.29) is 19.1 Å². The SMILES string of the molecule is CCCCOCCOC(=O)CN1C(=O)C(CC)Oc2ccc(-c3csc(-c4ccccc4)n3)cc21. The van der Waals surface area contributed by atoms with Gasteiger partial charge in [-0.3, -0.25) is 14.5 Å². The zero-order valence-electron chi connectivity index (χ0n) is 20.1. The molecule has 1 amide bonds. The monoisotopic (exact) mass is 494 g/mol. The van der Waals surface area contributed by atoms with Crippen molar-refractivity contribution < 1.29 is 23.8 Å². The van der Waals surface area contributed by atoms with Gasteiger partial charge in [-0.05, 0) is 31.0 Å². The molecule has 1 aliphatic rings. The van der Waals surface area contributed by atoms with Gasteiger partial charge in [-0.15, -0.1) is 11.3 Å². The molecule has 2 aromatic carbocycles. The number of amides is 1. The average molecular weight is 495 g/mol. The Morgan fingerprint density at radius 2 is 1.91 bits per heavy atom. The summed E-state index contributed by atoms with van der Waals surface area (Å²) in [6.45, 7) is 4.93. The van der Waals surface area contributed by atoms with Gasteiger partial charge in [0.2, 0.25) is 0 Å². The molecule has 4 rings (SSSR count). The van der Waals surface area contributed by atoms with Crippen molar-refractivity contribution in [1.82, 2.24) is 4.98 Å². The number of nitrogens with zero attached hydrogens (tertiary/aromatic N) is 2. The molecule has 7 nitrogen and oxygen atoms in total. The van der Waals surface area contributed by atoms with E-state index >= 15 is 0 Å². The predicted molar refractivity (Wildman–Crippen MR) is 137 cm³/mol. The maximum absolute atomic E-state index is 13.1. The molecule has 8 heteroatoms. The van der Waals surface area contributed by atoms with E-state index in [2.05, 4.69) is 6.92 Å². The number of benzene rings is 2. The highest BCUT2D eigenvalue weighted by atomic mass is 32.1. The van der Waals surface area contributed by atoms with Crippen molar-refractivity contribution in [3.63, 3.8) is 0 Å². The fraction of sp³-hybridized carbons (Fsp3) is 0.370. The standard InChI is InChI=1S/C27H30N2O5S/c1-3-5-13-32-14-15-33-25(30)17-29-22-16-20(11-12-24(22)34-23(4-2)27(29)31)21-18-35-26(28-21)19-9-7-6-8-10-19/h6-12,16,18,23H,3-5,13-15,17H2,1-2H3. The Kier molecular flexibility index (Phi) is 8.50. The molecule has 2 heterocycles. The van der Waals surface area contributed by atoms with E-state index in [0.29, 0.717) is 31.1 Å². The first-order valence-electron chi connectivity index (χ1n) is 12.0. The summed E-state index contributed by atoms with van der Waals surface area (Å²) in [5, 5.41) is 2.90. The Balaban J connectivity index is 1.51. The van der Waals surface area contributed by atoms with E-state index in [4.69, 9.17) is 19.2 Å². The van der Waals surface area contributed by atoms with Crippen LogP contribution in [0.4, 0.5) is 5.69 Å². The molecule has 0 radical (unpaired) electrons. The first-order valence-corrected chi connectivity index (χ1v) is 12.9. The van der Waals surface area contributed by atoms with Crippen LogP contribution in [-0.4, -0.2) is 49.3 Å². The topological polar surface area (TPSA) is 78.0 Å². The molecule has 0 saturated carbocycles. The van der Waals surface area contributed by atoms with Crippen molar-refractivity contribution in [3.8, 4) is 27.6 Å². The van der Waals surface area contributed by atoms with E-state index in [0.717, 1.165) is 34.7 Å². The summed E-state index contributed by atoms with van der Waals surface area (Å²) in [5.41, 5.74) is 3.24. The highest BCUT2D eigenvalue weighted by Crippen LogP contribution is 2.39. The molecule has 0 spiro atoms. The second-order valence-electron chi connectivity index (χ2n) is 8.21. The summed E-state index contributed by atoms with van der Waals surface area (Å²) < 4.78 is 16.7. The van der Waals surface area contributed by atoms with Crippen LogP contribution in [0.1, 0.15) is 33.1 Å². The minimum Gasteiger partial charge on any atom is -0.478 e. The van der Waals surface area contributed by atoms with Gasteiger partial charge in [0.05, 0.1) is 18.0 Å². The van der Waals surface area contributed by atoms with E-state index < -0.39 is 12.1 Å². The number of unbranched alkanes of at least 4 members (excludes halogenated alkanes) is 1. The minimum atomic E-state index is -0.637. The number of fused-ring (bicyclic) bond motifs is 1. The zero-order chi connectivity index (χ0) is 24.6. The van der Waals surface area contributed by atoms with Crippen molar-refractivity contribution in [3.05, 3.63) is 53.9 Å². The summed E-state index contributed by atoms with van der Waals surface area (Å²) in [7, 11) is 0. The van der Waals surface area contributed by atoms with Gasteiger partial charge >= 0.3 is 5.97 Å². The number of aromatic nitrogens is 1. The third kappa shape index (κ3) is 6.07. The Morgan fingerprint density at radius 3 is 2.69 bits per heavy atom. The van der Waals surface area contributed by atoms with E-state index in [1.807, 2.05) is 60.8 Å². The van der Waals surface area contributed by atoms with E-state index in [9.17, 15) is 9.59 Å². The van der Waals surface area contributed by atoms with Crippen LogP contribution in [0.3, 0.4) is 0 Å². The fourth-order valence-corrected chi connectivity index (χ4v) is 4.60. The lowest BCUT2D eigenvalue weighted by Crippen LogP contribution is -2.48. The molecule has 184 valence electrons. The lowest BCUT2D eigenvalue weighted by atomic mass is 10.1. The summed E-state index contributed by atoms with van der Waals surface area (Å²) in [5.74, 6) is -0.170. The minimum absolute atomic E-state index is 0.159. The molecule has 0 bridgehead atoms. The van der Waals surface area contributed by atoms with Gasteiger partial charge in [-0.25, -0.2) is 4.98 Å². The van der Waals surface area contributed by atoms with Gasteiger partial charge in [0.1, 0.15) is 23.9 Å². The number of rotatable bonds is 11. The zero-order valence-corrected chi connectivity index (χ0v) is 20.9.